The van der Waals surface area contributed by atoms with E-state index in [-0.39, 0.29) is 39.8 Å². The molecule has 41 heavy (non-hydrogen) atoms. The summed E-state index contributed by atoms with van der Waals surface area (Å²) in [5.41, 5.74) is 1.67. The van der Waals surface area contributed by atoms with E-state index in [0.29, 0.717) is 49.4 Å². The van der Waals surface area contributed by atoms with Gasteiger partial charge in [0, 0.05) is 38.6 Å². The topological polar surface area (TPSA) is 111 Å². The zero-order chi connectivity index (χ0) is 29.5. The van der Waals surface area contributed by atoms with Crippen molar-refractivity contribution in [2.24, 2.45) is 4.99 Å². The molecule has 0 bridgehead atoms. The van der Waals surface area contributed by atoms with Crippen LogP contribution < -0.4 is 10.2 Å². The number of nitrogens with one attached hydrogen (secondary N) is 1. The largest absolute Gasteiger partial charge is 0.507 e. The molecule has 0 radical (unpaired) electrons. The summed E-state index contributed by atoms with van der Waals surface area (Å²) in [4.78, 5) is 40.8. The summed E-state index contributed by atoms with van der Waals surface area (Å²) < 4.78 is 15.0. The number of rotatable bonds is 13. The van der Waals surface area contributed by atoms with Crippen LogP contribution in [-0.4, -0.2) is 64.8 Å². The maximum Gasteiger partial charge on any atom is 0.219 e. The fourth-order valence-electron chi connectivity index (χ4n) is 4.80. The third kappa shape index (κ3) is 6.38. The van der Waals surface area contributed by atoms with Crippen LogP contribution in [-0.2, 0) is 9.59 Å². The Morgan fingerprint density at radius 2 is 2.12 bits per heavy atom. The fraction of sp³-hybridized carbons (Fsp3) is 0.300. The number of halogens is 2. The fourth-order valence-corrected chi connectivity index (χ4v) is 5.04. The minimum Gasteiger partial charge on any atom is -0.507 e. The quantitative estimate of drug-likeness (QED) is 0.125. The molecule has 1 aliphatic carbocycles. The van der Waals surface area contributed by atoms with Crippen molar-refractivity contribution in [1.82, 2.24) is 20.2 Å². The molecule has 1 saturated carbocycles. The molecule has 9 nitrogen and oxygen atoms in total. The van der Waals surface area contributed by atoms with Crippen molar-refractivity contribution in [3.8, 4) is 17.0 Å². The van der Waals surface area contributed by atoms with Crippen LogP contribution in [0.1, 0.15) is 43.2 Å². The van der Waals surface area contributed by atoms with Gasteiger partial charge in [-0.1, -0.05) is 23.7 Å². The van der Waals surface area contributed by atoms with Crippen molar-refractivity contribution in [1.29, 1.82) is 0 Å². The molecule has 1 aromatic carbocycles. The summed E-state index contributed by atoms with van der Waals surface area (Å²) in [6, 6.07) is 7.01. The number of phenolic OH excluding ortho intramolecular Hbond substituents is 1. The zero-order valence-corrected chi connectivity index (χ0v) is 23.7. The number of carbonyl (C=O) groups excluding carboxylic acids is 2. The molecule has 2 aromatic heterocycles. The van der Waals surface area contributed by atoms with Crippen molar-refractivity contribution in [3.63, 3.8) is 0 Å². The lowest BCUT2D eigenvalue weighted by atomic mass is 10.0. The van der Waals surface area contributed by atoms with E-state index < -0.39 is 5.82 Å². The number of hydrogen-bond donors (Lipinski definition) is 2. The van der Waals surface area contributed by atoms with E-state index in [1.165, 1.54) is 23.1 Å². The summed E-state index contributed by atoms with van der Waals surface area (Å²) >= 11 is 6.73. The van der Waals surface area contributed by atoms with Crippen LogP contribution in [0.5, 0.6) is 5.75 Å². The van der Waals surface area contributed by atoms with Crippen LogP contribution in [0.4, 0.5) is 15.9 Å². The van der Waals surface area contributed by atoms with Gasteiger partial charge in [-0.25, -0.2) is 9.37 Å². The Hall–Kier alpha value is -4.31. The van der Waals surface area contributed by atoms with Crippen LogP contribution in [0.2, 0.25) is 5.02 Å². The van der Waals surface area contributed by atoms with Crippen molar-refractivity contribution in [2.45, 2.75) is 38.1 Å². The number of amides is 2. The summed E-state index contributed by atoms with van der Waals surface area (Å²) in [5, 5.41) is 13.3. The normalized spacial score (nSPS) is 13.8. The van der Waals surface area contributed by atoms with Crippen molar-refractivity contribution < 1.29 is 19.1 Å². The van der Waals surface area contributed by atoms with Gasteiger partial charge in [0.25, 0.3) is 0 Å². The highest BCUT2D eigenvalue weighted by Crippen LogP contribution is 2.46. The SMILES string of the molecule is C=CCCN(C(=NC)c1cc(Cl)c(-c2c(O)cccc2F)nc1N(C=O)c1ccncc1C1CC1)C(C)CNC=O. The van der Waals surface area contributed by atoms with Gasteiger partial charge in [0.2, 0.25) is 12.8 Å². The van der Waals surface area contributed by atoms with Gasteiger partial charge in [-0.15, -0.1) is 6.58 Å². The second-order valence-electron chi connectivity index (χ2n) is 9.70. The zero-order valence-electron chi connectivity index (χ0n) is 22.9. The number of anilines is 2. The van der Waals surface area contributed by atoms with E-state index in [9.17, 15) is 14.7 Å². The van der Waals surface area contributed by atoms with Gasteiger partial charge < -0.3 is 15.3 Å². The van der Waals surface area contributed by atoms with E-state index in [2.05, 4.69) is 21.9 Å². The van der Waals surface area contributed by atoms with Gasteiger partial charge in [-0.05, 0) is 61.9 Å². The lowest BCUT2D eigenvalue weighted by Gasteiger charge is -2.33. The molecule has 2 N–H and O–H groups in total. The van der Waals surface area contributed by atoms with Crippen LogP contribution in [0.3, 0.4) is 0 Å². The Morgan fingerprint density at radius 3 is 2.76 bits per heavy atom. The number of carbonyl (C=O) groups is 2. The highest BCUT2D eigenvalue weighted by atomic mass is 35.5. The first-order valence-corrected chi connectivity index (χ1v) is 13.6. The highest BCUT2D eigenvalue weighted by Gasteiger charge is 2.32. The van der Waals surface area contributed by atoms with E-state index in [4.69, 9.17) is 16.6 Å². The minimum atomic E-state index is -0.719. The molecule has 1 atom stereocenters. The average Bonchev–Trinajstić information content (AvgIpc) is 3.81. The van der Waals surface area contributed by atoms with Crippen LogP contribution in [0.25, 0.3) is 11.3 Å². The standard InChI is InChI=1S/C30H32ClFN6O3/c1-4-5-13-37(19(2)15-35-17-39)29(33-3)21-14-23(31)28(27-24(32)7-6-8-26(27)41)36-30(21)38(18-40)25-11-12-34-16-22(25)20-9-10-20/h4,6-8,11-12,14,16-20,41H,1,5,9-10,13,15H2,2-3H3,(H,35,39). The molecular formula is C30H32ClFN6O3. The van der Waals surface area contributed by atoms with Crippen molar-refractivity contribution in [3.05, 3.63) is 77.3 Å². The molecule has 0 aliphatic heterocycles. The van der Waals surface area contributed by atoms with E-state index in [0.717, 1.165) is 18.4 Å². The molecule has 1 unspecified atom stereocenters. The Morgan fingerprint density at radius 1 is 1.34 bits per heavy atom. The Labute approximate surface area is 243 Å². The summed E-state index contributed by atoms with van der Waals surface area (Å²) in [6.07, 6.45) is 8.92. The van der Waals surface area contributed by atoms with Gasteiger partial charge in [0.05, 0.1) is 27.5 Å². The van der Waals surface area contributed by atoms with Crippen LogP contribution in [0, 0.1) is 5.82 Å². The number of aromatic hydroxyl groups is 1. The predicted molar refractivity (Wildman–Crippen MR) is 158 cm³/mol. The highest BCUT2D eigenvalue weighted by molar-refractivity contribution is 6.33. The number of phenols is 1. The number of hydrogen-bond acceptors (Lipinski definition) is 6. The number of amidine groups is 1. The van der Waals surface area contributed by atoms with Gasteiger partial charge in [0.1, 0.15) is 17.4 Å². The van der Waals surface area contributed by atoms with Crippen molar-refractivity contribution >= 4 is 41.8 Å². The lowest BCUT2D eigenvalue weighted by molar-refractivity contribution is -0.109. The molecule has 3 aromatic rings. The first kappa shape index (κ1) is 29.7. The third-order valence-corrected chi connectivity index (χ3v) is 7.24. The Balaban J connectivity index is 1.98. The second kappa shape index (κ2) is 13.4. The molecule has 2 heterocycles. The van der Waals surface area contributed by atoms with E-state index in [1.807, 2.05) is 11.8 Å². The summed E-state index contributed by atoms with van der Waals surface area (Å²) in [6.45, 7) is 6.57. The Kier molecular flexibility index (Phi) is 9.67. The minimum absolute atomic E-state index is 0.0290. The molecule has 4 rings (SSSR count). The summed E-state index contributed by atoms with van der Waals surface area (Å²) in [7, 11) is 1.61. The molecule has 1 aliphatic rings. The summed E-state index contributed by atoms with van der Waals surface area (Å²) in [5.74, 6) is -0.206. The van der Waals surface area contributed by atoms with E-state index in [1.54, 1.807) is 37.7 Å². The first-order chi connectivity index (χ1) is 19.9. The molecule has 214 valence electrons. The van der Waals surface area contributed by atoms with Gasteiger partial charge in [-0.2, -0.15) is 0 Å². The van der Waals surface area contributed by atoms with Crippen LogP contribution >= 0.6 is 11.6 Å². The van der Waals surface area contributed by atoms with Crippen LogP contribution in [0.15, 0.2) is 60.4 Å². The molecule has 0 spiro atoms. The van der Waals surface area contributed by atoms with Gasteiger partial charge >= 0.3 is 0 Å². The maximum atomic E-state index is 15.0. The number of benzene rings is 1. The van der Waals surface area contributed by atoms with Gasteiger partial charge in [-0.3, -0.25) is 24.5 Å². The average molecular weight is 579 g/mol. The number of nitrogens with zero attached hydrogens (tertiary/aromatic N) is 5. The number of aliphatic imine (C=N–C) groups is 1. The Bertz CT molecular complexity index is 1440. The monoisotopic (exact) mass is 578 g/mol. The number of pyridine rings is 2. The smallest absolute Gasteiger partial charge is 0.219 e. The molecule has 11 heteroatoms. The first-order valence-electron chi connectivity index (χ1n) is 13.2. The molecule has 0 saturated heterocycles. The lowest BCUT2D eigenvalue weighted by Crippen LogP contribution is -2.45. The second-order valence-corrected chi connectivity index (χ2v) is 10.1. The molecule has 1 fully saturated rings. The number of aromatic nitrogens is 2. The predicted octanol–water partition coefficient (Wildman–Crippen LogP) is 5.20. The van der Waals surface area contributed by atoms with E-state index >= 15 is 4.39 Å². The molecular weight excluding hydrogens is 547 g/mol. The third-order valence-electron chi connectivity index (χ3n) is 6.95. The maximum absolute atomic E-state index is 15.0. The van der Waals surface area contributed by atoms with Gasteiger partial charge in [0.15, 0.2) is 5.82 Å². The molecule has 2 amide bonds. The van der Waals surface area contributed by atoms with Crippen molar-refractivity contribution in [2.75, 3.05) is 25.0 Å².